The van der Waals surface area contributed by atoms with Crippen LogP contribution in [0.3, 0.4) is 0 Å². The Balaban J connectivity index is 1.77. The first-order valence-electron chi connectivity index (χ1n) is 8.06. The van der Waals surface area contributed by atoms with Gasteiger partial charge in [0.05, 0.1) is 5.02 Å². The molecule has 0 radical (unpaired) electrons. The molecule has 3 rings (SSSR count). The summed E-state index contributed by atoms with van der Waals surface area (Å²) in [4.78, 5) is 2.28. The van der Waals surface area contributed by atoms with E-state index in [9.17, 15) is 8.42 Å². The van der Waals surface area contributed by atoms with Gasteiger partial charge >= 0.3 is 0 Å². The maximum Gasteiger partial charge on any atom is 0.244 e. The number of nitrogens with zero attached hydrogens (tertiary/aromatic N) is 2. The molecule has 0 saturated carbocycles. The number of piperazine rings is 1. The van der Waals surface area contributed by atoms with Crippen molar-refractivity contribution in [3.63, 3.8) is 0 Å². The van der Waals surface area contributed by atoms with Crippen molar-refractivity contribution in [2.45, 2.75) is 18.7 Å². The van der Waals surface area contributed by atoms with Gasteiger partial charge in [0, 0.05) is 36.9 Å². The van der Waals surface area contributed by atoms with E-state index in [0.29, 0.717) is 31.2 Å². The standard InChI is InChI=1S/C18H20Cl2N2O2S/c1-13-3-5-16(11-14(13)2)21-7-9-22(10-8-21)25(23,24)18-12-15(19)4-6-17(18)20/h3-6,11-12H,7-10H2,1-2H3. The van der Waals surface area contributed by atoms with E-state index < -0.39 is 10.0 Å². The lowest BCUT2D eigenvalue weighted by Gasteiger charge is -2.35. The molecule has 0 aromatic heterocycles. The van der Waals surface area contributed by atoms with Crippen molar-refractivity contribution in [2.75, 3.05) is 31.1 Å². The van der Waals surface area contributed by atoms with Crippen molar-refractivity contribution in [1.82, 2.24) is 4.31 Å². The summed E-state index contributed by atoms with van der Waals surface area (Å²) in [5, 5.41) is 0.553. The van der Waals surface area contributed by atoms with Crippen molar-refractivity contribution in [3.05, 3.63) is 57.6 Å². The van der Waals surface area contributed by atoms with Gasteiger partial charge < -0.3 is 4.90 Å². The molecule has 0 aliphatic carbocycles. The molecular formula is C18H20Cl2N2O2S. The lowest BCUT2D eigenvalue weighted by atomic mass is 10.1. The second kappa shape index (κ2) is 7.16. The zero-order valence-corrected chi connectivity index (χ0v) is 16.5. The molecule has 0 spiro atoms. The van der Waals surface area contributed by atoms with Crippen molar-refractivity contribution in [1.29, 1.82) is 0 Å². The van der Waals surface area contributed by atoms with Gasteiger partial charge in [-0.05, 0) is 55.3 Å². The van der Waals surface area contributed by atoms with Crippen LogP contribution in [-0.2, 0) is 10.0 Å². The maximum atomic E-state index is 12.9. The van der Waals surface area contributed by atoms with Gasteiger partial charge in [-0.1, -0.05) is 29.3 Å². The average molecular weight is 399 g/mol. The van der Waals surface area contributed by atoms with Crippen LogP contribution in [0, 0.1) is 13.8 Å². The molecule has 7 heteroatoms. The van der Waals surface area contributed by atoms with Gasteiger partial charge in [-0.25, -0.2) is 8.42 Å². The Kier molecular flexibility index (Phi) is 5.30. The molecule has 1 aliphatic rings. The zero-order valence-electron chi connectivity index (χ0n) is 14.2. The monoisotopic (exact) mass is 398 g/mol. The Morgan fingerprint density at radius 2 is 1.56 bits per heavy atom. The minimum absolute atomic E-state index is 0.0706. The molecule has 25 heavy (non-hydrogen) atoms. The molecule has 0 amide bonds. The van der Waals surface area contributed by atoms with E-state index in [1.54, 1.807) is 6.07 Å². The number of anilines is 1. The van der Waals surface area contributed by atoms with Crippen LogP contribution in [0.5, 0.6) is 0 Å². The van der Waals surface area contributed by atoms with Crippen LogP contribution in [0.25, 0.3) is 0 Å². The molecule has 2 aromatic rings. The second-order valence-corrected chi connectivity index (χ2v) is 8.98. The van der Waals surface area contributed by atoms with E-state index in [4.69, 9.17) is 23.2 Å². The fraction of sp³-hybridized carbons (Fsp3) is 0.333. The molecule has 1 fully saturated rings. The highest BCUT2D eigenvalue weighted by molar-refractivity contribution is 7.89. The topological polar surface area (TPSA) is 40.6 Å². The van der Waals surface area contributed by atoms with E-state index in [0.717, 1.165) is 5.69 Å². The summed E-state index contributed by atoms with van der Waals surface area (Å²) in [6.45, 7) is 6.27. The van der Waals surface area contributed by atoms with E-state index in [1.165, 1.54) is 27.6 Å². The number of benzene rings is 2. The molecule has 2 aromatic carbocycles. The Hall–Kier alpha value is -1.27. The van der Waals surface area contributed by atoms with Crippen molar-refractivity contribution < 1.29 is 8.42 Å². The normalized spacial score (nSPS) is 16.2. The van der Waals surface area contributed by atoms with E-state index >= 15 is 0 Å². The highest BCUT2D eigenvalue weighted by Gasteiger charge is 2.30. The van der Waals surface area contributed by atoms with Gasteiger partial charge in [-0.3, -0.25) is 0 Å². The van der Waals surface area contributed by atoms with Gasteiger partial charge in [0.25, 0.3) is 0 Å². The molecule has 0 bridgehead atoms. The average Bonchev–Trinajstić information content (AvgIpc) is 2.59. The summed E-state index contributed by atoms with van der Waals surface area (Å²) in [6.07, 6.45) is 0. The Labute approximate surface area is 159 Å². The molecule has 1 aliphatic heterocycles. The van der Waals surface area contributed by atoms with Crippen LogP contribution < -0.4 is 4.90 Å². The molecule has 134 valence electrons. The first kappa shape index (κ1) is 18.5. The van der Waals surface area contributed by atoms with Gasteiger partial charge in [0.1, 0.15) is 4.90 Å². The van der Waals surface area contributed by atoms with Gasteiger partial charge in [-0.15, -0.1) is 0 Å². The molecule has 1 saturated heterocycles. The fourth-order valence-electron chi connectivity index (χ4n) is 2.92. The number of hydrogen-bond donors (Lipinski definition) is 0. The summed E-state index contributed by atoms with van der Waals surface area (Å²) in [7, 11) is -3.65. The highest BCUT2D eigenvalue weighted by Crippen LogP contribution is 2.29. The number of rotatable bonds is 3. The van der Waals surface area contributed by atoms with E-state index in [1.807, 2.05) is 0 Å². The number of halogens is 2. The molecular weight excluding hydrogens is 379 g/mol. The summed E-state index contributed by atoms with van der Waals surface area (Å²) >= 11 is 12.0. The molecule has 4 nitrogen and oxygen atoms in total. The Morgan fingerprint density at radius 1 is 0.880 bits per heavy atom. The lowest BCUT2D eigenvalue weighted by molar-refractivity contribution is 0.385. The van der Waals surface area contributed by atoms with Crippen LogP contribution in [0.1, 0.15) is 11.1 Å². The minimum Gasteiger partial charge on any atom is -0.369 e. The third-order valence-electron chi connectivity index (χ3n) is 4.61. The maximum absolute atomic E-state index is 12.9. The third kappa shape index (κ3) is 3.80. The summed E-state index contributed by atoms with van der Waals surface area (Å²) < 4.78 is 27.2. The first-order valence-corrected chi connectivity index (χ1v) is 10.3. The number of aryl methyl sites for hydroxylation is 2. The van der Waals surface area contributed by atoms with Gasteiger partial charge in [0.15, 0.2) is 0 Å². The number of hydrogen-bond acceptors (Lipinski definition) is 3. The Morgan fingerprint density at radius 3 is 2.20 bits per heavy atom. The van der Waals surface area contributed by atoms with Crippen molar-refractivity contribution in [3.8, 4) is 0 Å². The third-order valence-corrected chi connectivity index (χ3v) is 7.22. The van der Waals surface area contributed by atoms with Crippen LogP contribution >= 0.6 is 23.2 Å². The van der Waals surface area contributed by atoms with Gasteiger partial charge in [0.2, 0.25) is 10.0 Å². The summed E-state index contributed by atoms with van der Waals surface area (Å²) in [5.41, 5.74) is 3.61. The summed E-state index contributed by atoms with van der Waals surface area (Å²) in [6, 6.07) is 10.8. The largest absolute Gasteiger partial charge is 0.369 e. The predicted octanol–water partition coefficient (Wildman–Crippen LogP) is 4.12. The van der Waals surface area contributed by atoms with E-state index in [2.05, 4.69) is 36.9 Å². The summed E-state index contributed by atoms with van der Waals surface area (Å²) in [5.74, 6) is 0. The molecule has 0 N–H and O–H groups in total. The van der Waals surface area contributed by atoms with Crippen LogP contribution in [-0.4, -0.2) is 38.9 Å². The highest BCUT2D eigenvalue weighted by atomic mass is 35.5. The van der Waals surface area contributed by atoms with Crippen molar-refractivity contribution >= 4 is 38.9 Å². The smallest absolute Gasteiger partial charge is 0.244 e. The quantitative estimate of drug-likeness (QED) is 0.780. The Bertz CT molecular complexity index is 892. The number of sulfonamides is 1. The van der Waals surface area contributed by atoms with Crippen LogP contribution in [0.2, 0.25) is 10.0 Å². The van der Waals surface area contributed by atoms with Crippen LogP contribution in [0.15, 0.2) is 41.3 Å². The molecule has 0 unspecified atom stereocenters. The molecule has 0 atom stereocenters. The predicted molar refractivity (Wildman–Crippen MR) is 103 cm³/mol. The zero-order chi connectivity index (χ0) is 18.2. The minimum atomic E-state index is -3.65. The SMILES string of the molecule is Cc1ccc(N2CCN(S(=O)(=O)c3cc(Cl)ccc3Cl)CC2)cc1C. The van der Waals surface area contributed by atoms with E-state index in [-0.39, 0.29) is 9.92 Å². The van der Waals surface area contributed by atoms with Crippen LogP contribution in [0.4, 0.5) is 5.69 Å². The first-order chi connectivity index (χ1) is 11.8. The fourth-order valence-corrected chi connectivity index (χ4v) is 5.08. The van der Waals surface area contributed by atoms with Crippen molar-refractivity contribution in [2.24, 2.45) is 0 Å². The lowest BCUT2D eigenvalue weighted by Crippen LogP contribution is -2.48. The molecule has 1 heterocycles. The second-order valence-electron chi connectivity index (χ2n) is 6.23. The van der Waals surface area contributed by atoms with Gasteiger partial charge in [-0.2, -0.15) is 4.31 Å².